The second-order valence-corrected chi connectivity index (χ2v) is 10.9. The SMILES string of the molecule is Cc1ncc(Cc2cn(CC(=O)N3CCN(c4ccc(Cl)cc4)CC3)c(SCc3ccc(F)cc3)nc2=O)cn1. The molecule has 5 rings (SSSR count). The van der Waals surface area contributed by atoms with Crippen molar-refractivity contribution in [2.75, 3.05) is 31.1 Å². The Bertz CT molecular complexity index is 1520. The third-order valence-corrected chi connectivity index (χ3v) is 7.98. The minimum atomic E-state index is -0.359. The molecular weight excluding hydrogens is 551 g/mol. The second-order valence-electron chi connectivity index (χ2n) is 9.56. The first-order valence-electron chi connectivity index (χ1n) is 12.9. The first-order valence-corrected chi connectivity index (χ1v) is 14.2. The molecule has 1 amide bonds. The summed E-state index contributed by atoms with van der Waals surface area (Å²) in [4.78, 5) is 43.2. The van der Waals surface area contributed by atoms with Crippen LogP contribution in [0, 0.1) is 12.7 Å². The van der Waals surface area contributed by atoms with Crippen molar-refractivity contribution in [2.24, 2.45) is 0 Å². The molecule has 11 heteroatoms. The quantitative estimate of drug-likeness (QED) is 0.227. The molecule has 8 nitrogen and oxygen atoms in total. The standard InChI is InChI=1S/C29H28ClFN6O2S/c1-20-32-15-22(16-33-20)14-23-17-37(29(34-28(23)39)40-19-21-2-6-25(31)7-3-21)18-27(38)36-12-10-35(11-13-36)26-8-4-24(30)5-9-26/h2-9,15-17H,10-14,18-19H2,1H3. The monoisotopic (exact) mass is 578 g/mol. The van der Waals surface area contributed by atoms with Crippen LogP contribution in [0.25, 0.3) is 0 Å². The topological polar surface area (TPSA) is 84.2 Å². The number of nitrogens with zero attached hydrogens (tertiary/aromatic N) is 6. The highest BCUT2D eigenvalue weighted by molar-refractivity contribution is 7.98. The number of carbonyl (C=O) groups excluding carboxylic acids is 1. The van der Waals surface area contributed by atoms with Crippen LogP contribution in [0.15, 0.2) is 77.1 Å². The zero-order chi connectivity index (χ0) is 28.1. The van der Waals surface area contributed by atoms with Crippen LogP contribution in [0.4, 0.5) is 10.1 Å². The number of amides is 1. The number of benzene rings is 2. The Morgan fingerprint density at radius 2 is 1.65 bits per heavy atom. The molecular formula is C29H28ClFN6O2S. The minimum absolute atomic E-state index is 0.0468. The number of rotatable bonds is 8. The lowest BCUT2D eigenvalue weighted by molar-refractivity contribution is -0.132. The first kappa shape index (κ1) is 27.8. The van der Waals surface area contributed by atoms with E-state index in [-0.39, 0.29) is 23.8 Å². The van der Waals surface area contributed by atoms with E-state index < -0.39 is 0 Å². The van der Waals surface area contributed by atoms with Crippen LogP contribution in [0.5, 0.6) is 0 Å². The Labute approximate surface area is 240 Å². The predicted octanol–water partition coefficient (Wildman–Crippen LogP) is 4.37. The minimum Gasteiger partial charge on any atom is -0.368 e. The summed E-state index contributed by atoms with van der Waals surface area (Å²) >= 11 is 7.36. The Morgan fingerprint density at radius 1 is 0.975 bits per heavy atom. The summed E-state index contributed by atoms with van der Waals surface area (Å²) in [5, 5.41) is 1.13. The van der Waals surface area contributed by atoms with Crippen molar-refractivity contribution in [1.29, 1.82) is 0 Å². The van der Waals surface area contributed by atoms with E-state index in [0.29, 0.717) is 59.9 Å². The molecule has 0 aliphatic carbocycles. The summed E-state index contributed by atoms with van der Waals surface area (Å²) in [6.45, 7) is 4.44. The predicted molar refractivity (Wildman–Crippen MR) is 154 cm³/mol. The van der Waals surface area contributed by atoms with Gasteiger partial charge < -0.3 is 14.4 Å². The number of hydrogen-bond donors (Lipinski definition) is 0. The third kappa shape index (κ3) is 7.05. The zero-order valence-corrected chi connectivity index (χ0v) is 23.5. The highest BCUT2D eigenvalue weighted by atomic mass is 35.5. The van der Waals surface area contributed by atoms with Crippen LogP contribution in [0.2, 0.25) is 5.02 Å². The molecule has 1 fully saturated rings. The lowest BCUT2D eigenvalue weighted by Gasteiger charge is -2.36. The maximum atomic E-state index is 13.4. The van der Waals surface area contributed by atoms with Crippen molar-refractivity contribution in [1.82, 2.24) is 24.4 Å². The van der Waals surface area contributed by atoms with Crippen molar-refractivity contribution in [3.63, 3.8) is 0 Å². The van der Waals surface area contributed by atoms with Crippen molar-refractivity contribution in [3.05, 3.63) is 111 Å². The summed E-state index contributed by atoms with van der Waals surface area (Å²) in [7, 11) is 0. The summed E-state index contributed by atoms with van der Waals surface area (Å²) in [6, 6.07) is 13.9. The summed E-state index contributed by atoms with van der Waals surface area (Å²) < 4.78 is 15.1. The van der Waals surface area contributed by atoms with Crippen molar-refractivity contribution in [2.45, 2.75) is 30.8 Å². The molecule has 0 saturated carbocycles. The molecule has 3 heterocycles. The van der Waals surface area contributed by atoms with Gasteiger partial charge in [-0.25, -0.2) is 14.4 Å². The number of anilines is 1. The van der Waals surface area contributed by atoms with E-state index >= 15 is 0 Å². The number of halogens is 2. The Hall–Kier alpha value is -3.76. The number of thioether (sulfide) groups is 1. The van der Waals surface area contributed by atoms with Gasteiger partial charge in [-0.3, -0.25) is 9.59 Å². The molecule has 2 aromatic heterocycles. The van der Waals surface area contributed by atoms with Gasteiger partial charge in [-0.2, -0.15) is 4.98 Å². The average Bonchev–Trinajstić information content (AvgIpc) is 2.96. The van der Waals surface area contributed by atoms with E-state index in [1.165, 1.54) is 23.9 Å². The molecule has 0 atom stereocenters. The van der Waals surface area contributed by atoms with Gasteiger partial charge in [0.2, 0.25) is 5.91 Å². The largest absolute Gasteiger partial charge is 0.368 e. The van der Waals surface area contributed by atoms with Gasteiger partial charge in [0, 0.05) is 73.2 Å². The van der Waals surface area contributed by atoms with E-state index in [2.05, 4.69) is 19.9 Å². The molecule has 1 aliphatic rings. The maximum Gasteiger partial charge on any atom is 0.277 e. The van der Waals surface area contributed by atoms with Gasteiger partial charge in [-0.15, -0.1) is 0 Å². The smallest absolute Gasteiger partial charge is 0.277 e. The van der Waals surface area contributed by atoms with Gasteiger partial charge in [-0.05, 0) is 54.4 Å². The normalized spacial score (nSPS) is 13.5. The van der Waals surface area contributed by atoms with Gasteiger partial charge in [0.15, 0.2) is 5.16 Å². The molecule has 40 heavy (non-hydrogen) atoms. The fraction of sp³-hybridized carbons (Fsp3) is 0.276. The molecule has 2 aromatic carbocycles. The van der Waals surface area contributed by atoms with Crippen molar-refractivity contribution >= 4 is 35.0 Å². The number of aromatic nitrogens is 4. The fourth-order valence-electron chi connectivity index (χ4n) is 4.44. The number of carbonyl (C=O) groups is 1. The van der Waals surface area contributed by atoms with Gasteiger partial charge >= 0.3 is 0 Å². The summed E-state index contributed by atoms with van der Waals surface area (Å²) in [6.07, 6.45) is 5.40. The summed E-state index contributed by atoms with van der Waals surface area (Å²) in [5.41, 5.74) is 2.84. The Kier molecular flexibility index (Phi) is 8.76. The Balaban J connectivity index is 1.32. The van der Waals surface area contributed by atoms with E-state index in [9.17, 15) is 14.0 Å². The average molecular weight is 579 g/mol. The lowest BCUT2D eigenvalue weighted by Crippen LogP contribution is -2.49. The molecule has 4 aromatic rings. The second kappa shape index (κ2) is 12.6. The maximum absolute atomic E-state index is 13.4. The van der Waals surface area contributed by atoms with Crippen LogP contribution in [0.1, 0.15) is 22.5 Å². The molecule has 0 N–H and O–H groups in total. The van der Waals surface area contributed by atoms with Crippen molar-refractivity contribution in [3.8, 4) is 0 Å². The number of hydrogen-bond acceptors (Lipinski definition) is 7. The van der Waals surface area contributed by atoms with E-state index in [1.807, 2.05) is 29.2 Å². The number of aryl methyl sites for hydroxylation is 1. The molecule has 0 unspecified atom stereocenters. The zero-order valence-electron chi connectivity index (χ0n) is 22.0. The van der Waals surface area contributed by atoms with Crippen molar-refractivity contribution < 1.29 is 9.18 Å². The van der Waals surface area contributed by atoms with Crippen LogP contribution in [-0.4, -0.2) is 56.5 Å². The van der Waals surface area contributed by atoms with Crippen LogP contribution < -0.4 is 10.5 Å². The molecule has 1 saturated heterocycles. The lowest BCUT2D eigenvalue weighted by atomic mass is 10.1. The number of piperazine rings is 1. The van der Waals surface area contributed by atoms with Crippen LogP contribution >= 0.6 is 23.4 Å². The first-order chi connectivity index (χ1) is 19.3. The van der Waals surface area contributed by atoms with Crippen LogP contribution in [-0.2, 0) is 23.5 Å². The fourth-order valence-corrected chi connectivity index (χ4v) is 5.49. The van der Waals surface area contributed by atoms with E-state index in [0.717, 1.165) is 16.8 Å². The van der Waals surface area contributed by atoms with Gasteiger partial charge in [0.05, 0.1) is 0 Å². The molecule has 0 bridgehead atoms. The van der Waals surface area contributed by atoms with Crippen LogP contribution in [0.3, 0.4) is 0 Å². The van der Waals surface area contributed by atoms with Gasteiger partial charge in [0.1, 0.15) is 18.2 Å². The van der Waals surface area contributed by atoms with E-state index in [4.69, 9.17) is 11.6 Å². The van der Waals surface area contributed by atoms with Gasteiger partial charge in [-0.1, -0.05) is 35.5 Å². The molecule has 1 aliphatic heterocycles. The van der Waals surface area contributed by atoms with E-state index in [1.54, 1.807) is 42.2 Å². The summed E-state index contributed by atoms with van der Waals surface area (Å²) in [5.74, 6) is 0.768. The highest BCUT2D eigenvalue weighted by Crippen LogP contribution is 2.23. The van der Waals surface area contributed by atoms with Gasteiger partial charge in [0.25, 0.3) is 5.56 Å². The molecule has 0 spiro atoms. The molecule has 0 radical (unpaired) electrons. The highest BCUT2D eigenvalue weighted by Gasteiger charge is 2.23. The Morgan fingerprint density at radius 3 is 2.33 bits per heavy atom. The third-order valence-electron chi connectivity index (χ3n) is 6.67. The molecule has 206 valence electrons.